The average Bonchev–Trinajstić information content (AvgIpc) is 2.46. The second-order valence-electron chi connectivity index (χ2n) is 6.43. The van der Waals surface area contributed by atoms with Crippen molar-refractivity contribution in [3.8, 4) is 0 Å². The second kappa shape index (κ2) is 6.32. The lowest BCUT2D eigenvalue weighted by molar-refractivity contribution is 0.194. The Hall–Kier alpha value is -1.88. The van der Waals surface area contributed by atoms with Crippen LogP contribution in [0.5, 0.6) is 0 Å². The normalized spacial score (nSPS) is 21.4. The SMILES string of the molecule is Cc1cc(=O)oc2cc(NC(=S)N3[C@H](C)CCC[C@@H]3C)ccc12. The molecular formula is C18H22N2O2S. The van der Waals surface area contributed by atoms with Crippen molar-refractivity contribution in [2.45, 2.75) is 52.1 Å². The van der Waals surface area contributed by atoms with E-state index in [0.717, 1.165) is 34.6 Å². The van der Waals surface area contributed by atoms with E-state index in [-0.39, 0.29) is 5.63 Å². The van der Waals surface area contributed by atoms with Crippen LogP contribution in [0.25, 0.3) is 11.0 Å². The number of anilines is 1. The number of likely N-dealkylation sites (tertiary alicyclic amines) is 1. The van der Waals surface area contributed by atoms with Crippen molar-refractivity contribution in [3.05, 3.63) is 40.2 Å². The molecule has 5 heteroatoms. The highest BCUT2D eigenvalue weighted by Gasteiger charge is 2.26. The van der Waals surface area contributed by atoms with Gasteiger partial charge in [-0.3, -0.25) is 0 Å². The molecule has 0 amide bonds. The first-order chi connectivity index (χ1) is 11.0. The minimum absolute atomic E-state index is 0.326. The lowest BCUT2D eigenvalue weighted by Crippen LogP contribution is -2.49. The van der Waals surface area contributed by atoms with E-state index in [1.54, 1.807) is 0 Å². The lowest BCUT2D eigenvalue weighted by atomic mass is 9.98. The molecule has 1 fully saturated rings. The first-order valence-electron chi connectivity index (χ1n) is 8.09. The summed E-state index contributed by atoms with van der Waals surface area (Å²) in [6, 6.07) is 8.17. The van der Waals surface area contributed by atoms with Gasteiger partial charge in [0.25, 0.3) is 0 Å². The smallest absolute Gasteiger partial charge is 0.336 e. The maximum absolute atomic E-state index is 11.5. The molecule has 0 aliphatic carbocycles. The van der Waals surface area contributed by atoms with Crippen LogP contribution < -0.4 is 10.9 Å². The van der Waals surface area contributed by atoms with E-state index < -0.39 is 0 Å². The highest BCUT2D eigenvalue weighted by Crippen LogP contribution is 2.25. The fourth-order valence-corrected chi connectivity index (χ4v) is 3.89. The fraction of sp³-hybridized carbons (Fsp3) is 0.444. The molecule has 1 aromatic heterocycles. The van der Waals surface area contributed by atoms with Crippen molar-refractivity contribution in [1.82, 2.24) is 4.90 Å². The summed E-state index contributed by atoms with van der Waals surface area (Å²) in [5.74, 6) is 0. The van der Waals surface area contributed by atoms with Crippen LogP contribution >= 0.6 is 12.2 Å². The summed E-state index contributed by atoms with van der Waals surface area (Å²) in [6.45, 7) is 6.34. The maximum Gasteiger partial charge on any atom is 0.336 e. The van der Waals surface area contributed by atoms with Gasteiger partial charge >= 0.3 is 5.63 Å². The monoisotopic (exact) mass is 330 g/mol. The minimum atomic E-state index is -0.326. The van der Waals surface area contributed by atoms with E-state index in [2.05, 4.69) is 24.1 Å². The molecule has 1 aliphatic rings. The van der Waals surface area contributed by atoms with Gasteiger partial charge in [-0.1, -0.05) is 0 Å². The summed E-state index contributed by atoms with van der Waals surface area (Å²) < 4.78 is 5.30. The van der Waals surface area contributed by atoms with E-state index in [1.165, 1.54) is 12.5 Å². The van der Waals surface area contributed by atoms with E-state index in [1.807, 2.05) is 25.1 Å². The van der Waals surface area contributed by atoms with Gasteiger partial charge in [0, 0.05) is 35.3 Å². The highest BCUT2D eigenvalue weighted by atomic mass is 32.1. The molecule has 1 aromatic carbocycles. The zero-order valence-corrected chi connectivity index (χ0v) is 14.6. The van der Waals surface area contributed by atoms with Gasteiger partial charge in [-0.25, -0.2) is 4.79 Å². The first kappa shape index (κ1) is 16.0. The number of rotatable bonds is 1. The number of benzene rings is 1. The average molecular weight is 330 g/mol. The van der Waals surface area contributed by atoms with Crippen LogP contribution in [0.15, 0.2) is 33.5 Å². The standard InChI is InChI=1S/C18H22N2O2S/c1-11-9-17(21)22-16-10-14(7-8-15(11)16)19-18(23)20-12(2)5-4-6-13(20)3/h7-10,12-13H,4-6H2,1-3H3,(H,19,23)/t12-,13+. The van der Waals surface area contributed by atoms with Gasteiger partial charge in [-0.2, -0.15) is 0 Å². The molecule has 1 N–H and O–H groups in total. The van der Waals surface area contributed by atoms with Crippen molar-refractivity contribution in [2.24, 2.45) is 0 Å². The van der Waals surface area contributed by atoms with E-state index in [9.17, 15) is 4.79 Å². The van der Waals surface area contributed by atoms with Gasteiger partial charge in [0.2, 0.25) is 0 Å². The van der Waals surface area contributed by atoms with Gasteiger partial charge < -0.3 is 14.6 Å². The van der Waals surface area contributed by atoms with Crippen LogP contribution in [0.1, 0.15) is 38.7 Å². The Balaban J connectivity index is 1.86. The largest absolute Gasteiger partial charge is 0.423 e. The Morgan fingerprint density at radius 3 is 2.65 bits per heavy atom. The Bertz CT molecular complexity index is 789. The van der Waals surface area contributed by atoms with Crippen LogP contribution in [0.2, 0.25) is 0 Å². The third-order valence-electron chi connectivity index (χ3n) is 4.63. The summed E-state index contributed by atoms with van der Waals surface area (Å²) in [5.41, 5.74) is 2.03. The van der Waals surface area contributed by atoms with Gasteiger partial charge in [0.05, 0.1) is 0 Å². The van der Waals surface area contributed by atoms with Crippen molar-refractivity contribution >= 4 is 34.0 Å². The van der Waals surface area contributed by atoms with Crippen LogP contribution in [-0.2, 0) is 0 Å². The van der Waals surface area contributed by atoms with Crippen LogP contribution in [0.3, 0.4) is 0 Å². The number of nitrogens with one attached hydrogen (secondary N) is 1. The summed E-state index contributed by atoms with van der Waals surface area (Å²) in [4.78, 5) is 13.8. The number of piperidine rings is 1. The number of hydrogen-bond donors (Lipinski definition) is 1. The molecule has 0 radical (unpaired) electrons. The summed E-state index contributed by atoms with van der Waals surface area (Å²) in [5, 5.41) is 4.98. The molecule has 2 heterocycles. The molecule has 0 saturated carbocycles. The maximum atomic E-state index is 11.5. The Kier molecular flexibility index (Phi) is 4.39. The second-order valence-corrected chi connectivity index (χ2v) is 6.81. The number of fused-ring (bicyclic) bond motifs is 1. The number of nitrogens with zero attached hydrogens (tertiary/aromatic N) is 1. The van der Waals surface area contributed by atoms with Crippen molar-refractivity contribution in [1.29, 1.82) is 0 Å². The number of hydrogen-bond acceptors (Lipinski definition) is 3. The molecule has 1 saturated heterocycles. The zero-order chi connectivity index (χ0) is 16.6. The van der Waals surface area contributed by atoms with Crippen molar-refractivity contribution in [3.63, 3.8) is 0 Å². The van der Waals surface area contributed by atoms with Crippen molar-refractivity contribution < 1.29 is 4.42 Å². The zero-order valence-electron chi connectivity index (χ0n) is 13.8. The van der Waals surface area contributed by atoms with E-state index in [0.29, 0.717) is 17.7 Å². The molecule has 0 bridgehead atoms. The van der Waals surface area contributed by atoms with Gasteiger partial charge in [0.15, 0.2) is 5.11 Å². The van der Waals surface area contributed by atoms with Crippen LogP contribution in [0, 0.1) is 6.92 Å². The molecular weight excluding hydrogens is 308 g/mol. The topological polar surface area (TPSA) is 45.5 Å². The number of aryl methyl sites for hydroxylation is 1. The third kappa shape index (κ3) is 3.24. The lowest BCUT2D eigenvalue weighted by Gasteiger charge is -2.40. The van der Waals surface area contributed by atoms with Crippen molar-refractivity contribution in [2.75, 3.05) is 5.32 Å². The quantitative estimate of drug-likeness (QED) is 0.631. The van der Waals surface area contributed by atoms with E-state index in [4.69, 9.17) is 16.6 Å². The molecule has 122 valence electrons. The molecule has 4 nitrogen and oxygen atoms in total. The van der Waals surface area contributed by atoms with Crippen LogP contribution in [0.4, 0.5) is 5.69 Å². The van der Waals surface area contributed by atoms with E-state index >= 15 is 0 Å². The minimum Gasteiger partial charge on any atom is -0.423 e. The third-order valence-corrected chi connectivity index (χ3v) is 4.94. The van der Waals surface area contributed by atoms with Gasteiger partial charge in [0.1, 0.15) is 5.58 Å². The molecule has 2 atom stereocenters. The summed E-state index contributed by atoms with van der Waals surface area (Å²) >= 11 is 5.61. The summed E-state index contributed by atoms with van der Waals surface area (Å²) in [7, 11) is 0. The van der Waals surface area contributed by atoms with Gasteiger partial charge in [-0.05, 0) is 69.9 Å². The first-order valence-corrected chi connectivity index (χ1v) is 8.50. The highest BCUT2D eigenvalue weighted by molar-refractivity contribution is 7.80. The Labute approximate surface area is 141 Å². The molecule has 1 aliphatic heterocycles. The van der Waals surface area contributed by atoms with Gasteiger partial charge in [-0.15, -0.1) is 0 Å². The Morgan fingerprint density at radius 1 is 1.26 bits per heavy atom. The predicted molar refractivity (Wildman–Crippen MR) is 98.1 cm³/mol. The number of thiocarbonyl (C=S) groups is 1. The predicted octanol–water partition coefficient (Wildman–Crippen LogP) is 4.06. The Morgan fingerprint density at radius 2 is 1.96 bits per heavy atom. The molecule has 23 heavy (non-hydrogen) atoms. The molecule has 3 rings (SSSR count). The summed E-state index contributed by atoms with van der Waals surface area (Å²) in [6.07, 6.45) is 3.58. The fourth-order valence-electron chi connectivity index (χ4n) is 3.41. The molecule has 2 aromatic rings. The molecule has 0 unspecified atom stereocenters. The molecule has 0 spiro atoms. The van der Waals surface area contributed by atoms with Crippen LogP contribution in [-0.4, -0.2) is 22.1 Å².